The highest BCUT2D eigenvalue weighted by atomic mass is 16.2. The molecule has 3 N–H and O–H groups in total. The summed E-state index contributed by atoms with van der Waals surface area (Å²) in [6.07, 6.45) is 3.01. The molecule has 0 unspecified atom stereocenters. The zero-order chi connectivity index (χ0) is 10.6. The molecule has 1 aromatic rings. The fourth-order valence-electron chi connectivity index (χ4n) is 1.07. The van der Waals surface area contributed by atoms with Crippen LogP contribution in [0.5, 0.6) is 0 Å². The van der Waals surface area contributed by atoms with Gasteiger partial charge in [0.15, 0.2) is 0 Å². The maximum absolute atomic E-state index is 11.2. The van der Waals surface area contributed by atoms with Crippen molar-refractivity contribution in [3.05, 3.63) is 40.2 Å². The van der Waals surface area contributed by atoms with Crippen LogP contribution in [0.4, 0.5) is 0 Å². The van der Waals surface area contributed by atoms with E-state index in [2.05, 4.69) is 4.98 Å². The highest BCUT2D eigenvalue weighted by molar-refractivity contribution is 5.94. The number of rotatable bonds is 3. The molecule has 1 amide bonds. The van der Waals surface area contributed by atoms with E-state index >= 15 is 0 Å². The van der Waals surface area contributed by atoms with Gasteiger partial charge in [-0.3, -0.25) is 9.59 Å². The maximum atomic E-state index is 11.2. The second-order valence-electron chi connectivity index (χ2n) is 2.57. The maximum Gasteiger partial charge on any atom is 0.261 e. The first kappa shape index (κ1) is 9.99. The van der Waals surface area contributed by atoms with Gasteiger partial charge in [0.25, 0.3) is 11.5 Å². The number of aromatic amines is 1. The molecule has 0 saturated carbocycles. The Bertz CT molecular complexity index is 442. The lowest BCUT2D eigenvalue weighted by atomic mass is 10.1. The van der Waals surface area contributed by atoms with Gasteiger partial charge in [-0.15, -0.1) is 0 Å². The minimum absolute atomic E-state index is 0.109. The predicted octanol–water partition coefficient (Wildman–Crippen LogP) is -0.0601. The number of amides is 1. The Labute approximate surface area is 80.2 Å². The van der Waals surface area contributed by atoms with Gasteiger partial charge in [-0.05, 0) is 11.6 Å². The monoisotopic (exact) mass is 190 g/mol. The number of hydrogen-bond acceptors (Lipinski definition) is 3. The van der Waals surface area contributed by atoms with E-state index in [1.165, 1.54) is 18.7 Å². The van der Waals surface area contributed by atoms with Gasteiger partial charge < -0.3 is 10.7 Å². The van der Waals surface area contributed by atoms with Crippen molar-refractivity contribution in [1.82, 2.24) is 4.98 Å². The number of nitrogens with zero attached hydrogens (tertiary/aromatic N) is 1. The van der Waals surface area contributed by atoms with Gasteiger partial charge in [-0.25, -0.2) is 0 Å². The molecular weight excluding hydrogens is 182 g/mol. The molecule has 0 atom stereocenters. The van der Waals surface area contributed by atoms with Crippen LogP contribution in [0.25, 0.3) is 0 Å². The van der Waals surface area contributed by atoms with E-state index in [1.54, 1.807) is 0 Å². The van der Waals surface area contributed by atoms with Crippen LogP contribution in [0.1, 0.15) is 22.3 Å². The van der Waals surface area contributed by atoms with E-state index in [9.17, 15) is 9.59 Å². The Hall–Kier alpha value is -2.09. The molecule has 0 aromatic carbocycles. The number of carbonyl (C=O) groups is 1. The molecule has 0 aliphatic rings. The zero-order valence-electron chi connectivity index (χ0n) is 7.28. The van der Waals surface area contributed by atoms with Crippen LogP contribution < -0.4 is 11.3 Å². The third kappa shape index (κ3) is 1.98. The molecule has 0 aliphatic heterocycles. The first-order valence-corrected chi connectivity index (χ1v) is 3.88. The highest BCUT2D eigenvalue weighted by Gasteiger charge is 2.11. The summed E-state index contributed by atoms with van der Waals surface area (Å²) in [7, 11) is 0. The molecule has 5 nitrogen and oxygen atoms in total. The zero-order valence-corrected chi connectivity index (χ0v) is 7.28. The molecule has 1 rings (SSSR count). The van der Waals surface area contributed by atoms with Crippen LogP contribution in [0.15, 0.2) is 17.1 Å². The van der Waals surface area contributed by atoms with Gasteiger partial charge in [0.05, 0.1) is 6.07 Å². The van der Waals surface area contributed by atoms with Crippen LogP contribution in [-0.4, -0.2) is 10.9 Å². The van der Waals surface area contributed by atoms with Crippen LogP contribution >= 0.6 is 0 Å². The van der Waals surface area contributed by atoms with Crippen molar-refractivity contribution in [1.29, 1.82) is 5.26 Å². The van der Waals surface area contributed by atoms with Crippen molar-refractivity contribution in [3.8, 4) is 6.07 Å². The number of primary amides is 1. The van der Waals surface area contributed by atoms with E-state index in [-0.39, 0.29) is 12.0 Å². The molecule has 1 radical (unpaired) electrons. The van der Waals surface area contributed by atoms with Crippen LogP contribution in [0, 0.1) is 17.8 Å². The SMILES string of the molecule is N#CC[CH]c1cc[nH]c(=O)c1C(N)=O. The highest BCUT2D eigenvalue weighted by Crippen LogP contribution is 2.06. The largest absolute Gasteiger partial charge is 0.365 e. The van der Waals surface area contributed by atoms with Crippen molar-refractivity contribution < 1.29 is 4.79 Å². The summed E-state index contributed by atoms with van der Waals surface area (Å²) in [6, 6.07) is 3.41. The van der Waals surface area contributed by atoms with Gasteiger partial charge in [0.1, 0.15) is 5.56 Å². The lowest BCUT2D eigenvalue weighted by Crippen LogP contribution is -2.25. The average molecular weight is 190 g/mol. The van der Waals surface area contributed by atoms with E-state index in [0.717, 1.165) is 0 Å². The molecule has 14 heavy (non-hydrogen) atoms. The number of nitrogens with two attached hydrogens (primary N) is 1. The van der Waals surface area contributed by atoms with E-state index < -0.39 is 11.5 Å². The summed E-state index contributed by atoms with van der Waals surface area (Å²) < 4.78 is 0. The molecule has 0 bridgehead atoms. The van der Waals surface area contributed by atoms with Gasteiger partial charge in [-0.2, -0.15) is 5.26 Å². The molecular formula is C9H8N3O2. The molecule has 71 valence electrons. The van der Waals surface area contributed by atoms with E-state index in [4.69, 9.17) is 11.0 Å². The van der Waals surface area contributed by atoms with Crippen LogP contribution in [0.2, 0.25) is 0 Å². The number of nitriles is 1. The van der Waals surface area contributed by atoms with Gasteiger partial charge in [0.2, 0.25) is 0 Å². The molecule has 1 aromatic heterocycles. The number of aromatic nitrogens is 1. The number of H-pyrrole nitrogens is 1. The Kier molecular flexibility index (Phi) is 3.02. The molecule has 0 spiro atoms. The van der Waals surface area contributed by atoms with Crippen LogP contribution in [0.3, 0.4) is 0 Å². The molecule has 0 aliphatic carbocycles. The van der Waals surface area contributed by atoms with Gasteiger partial charge in [0, 0.05) is 19.0 Å². The van der Waals surface area contributed by atoms with E-state index in [0.29, 0.717) is 5.56 Å². The average Bonchev–Trinajstić information content (AvgIpc) is 2.14. The van der Waals surface area contributed by atoms with Crippen molar-refractivity contribution >= 4 is 5.91 Å². The topological polar surface area (TPSA) is 99.7 Å². The van der Waals surface area contributed by atoms with Gasteiger partial charge in [-0.1, -0.05) is 0 Å². The third-order valence-electron chi connectivity index (χ3n) is 1.65. The minimum atomic E-state index is -0.795. The predicted molar refractivity (Wildman–Crippen MR) is 49.2 cm³/mol. The molecule has 0 saturated heterocycles. The first-order chi connectivity index (χ1) is 6.66. The Morgan fingerprint density at radius 1 is 1.71 bits per heavy atom. The smallest absolute Gasteiger partial charge is 0.261 e. The Balaban J connectivity index is 3.16. The third-order valence-corrected chi connectivity index (χ3v) is 1.65. The molecule has 5 heteroatoms. The summed E-state index contributed by atoms with van der Waals surface area (Å²) in [5.74, 6) is -0.795. The van der Waals surface area contributed by atoms with Crippen molar-refractivity contribution in [2.45, 2.75) is 6.42 Å². The molecule has 1 heterocycles. The standard InChI is InChI=1S/C9H8N3O2/c10-4-1-2-6-3-5-12-9(14)7(6)8(11)13/h2-3,5H,1H2,(H2,11,13)(H,12,14). The summed E-state index contributed by atoms with van der Waals surface area (Å²) in [5.41, 5.74) is 4.77. The quantitative estimate of drug-likeness (QED) is 0.698. The lowest BCUT2D eigenvalue weighted by Gasteiger charge is -2.01. The normalized spacial score (nSPS) is 9.36. The summed E-state index contributed by atoms with van der Waals surface area (Å²) in [5, 5.41) is 8.34. The first-order valence-electron chi connectivity index (χ1n) is 3.88. The summed E-state index contributed by atoms with van der Waals surface area (Å²) in [4.78, 5) is 24.4. The number of pyridine rings is 1. The minimum Gasteiger partial charge on any atom is -0.365 e. The fourth-order valence-corrected chi connectivity index (χ4v) is 1.07. The number of hydrogen-bond donors (Lipinski definition) is 2. The Morgan fingerprint density at radius 2 is 2.43 bits per heavy atom. The second-order valence-corrected chi connectivity index (χ2v) is 2.57. The summed E-state index contributed by atoms with van der Waals surface area (Å²) in [6.45, 7) is 0. The van der Waals surface area contributed by atoms with Crippen molar-refractivity contribution in [2.75, 3.05) is 0 Å². The van der Waals surface area contributed by atoms with Crippen LogP contribution in [-0.2, 0) is 0 Å². The number of nitrogens with one attached hydrogen (secondary N) is 1. The number of carbonyl (C=O) groups excluding carboxylic acids is 1. The lowest BCUT2D eigenvalue weighted by molar-refractivity contribution is 0.0998. The van der Waals surface area contributed by atoms with E-state index in [1.807, 2.05) is 6.07 Å². The van der Waals surface area contributed by atoms with Gasteiger partial charge >= 0.3 is 0 Å². The Morgan fingerprint density at radius 3 is 3.00 bits per heavy atom. The molecule has 0 fully saturated rings. The summed E-state index contributed by atoms with van der Waals surface area (Å²) >= 11 is 0. The fraction of sp³-hybridized carbons (Fsp3) is 0.111. The second kappa shape index (κ2) is 4.23. The van der Waals surface area contributed by atoms with Crippen molar-refractivity contribution in [3.63, 3.8) is 0 Å². The van der Waals surface area contributed by atoms with Crippen molar-refractivity contribution in [2.24, 2.45) is 5.73 Å².